The summed E-state index contributed by atoms with van der Waals surface area (Å²) in [4.78, 5) is 11.6. The van der Waals surface area contributed by atoms with Gasteiger partial charge in [-0.2, -0.15) is 0 Å². The van der Waals surface area contributed by atoms with Crippen molar-refractivity contribution in [2.24, 2.45) is 0 Å². The molecular formula is C14H14ClNO2. The zero-order chi connectivity index (χ0) is 12.8. The van der Waals surface area contributed by atoms with Crippen LogP contribution < -0.4 is 5.32 Å². The second kappa shape index (κ2) is 6.26. The van der Waals surface area contributed by atoms with E-state index >= 15 is 0 Å². The number of halogens is 1. The highest BCUT2D eigenvalue weighted by Gasteiger charge is 2.04. The summed E-state index contributed by atoms with van der Waals surface area (Å²) in [5.41, 5.74) is 1.15. The quantitative estimate of drug-likeness (QED) is 0.901. The minimum Gasteiger partial charge on any atom is -0.469 e. The van der Waals surface area contributed by atoms with Gasteiger partial charge in [0.2, 0.25) is 5.91 Å². The standard InChI is InChI=1S/C14H14ClNO2/c15-12-5-3-11(4-6-12)7-8-16-14(17)10-13-2-1-9-18-13/h1-6,9H,7-8,10H2,(H,16,17). The number of rotatable bonds is 5. The van der Waals surface area contributed by atoms with Crippen molar-refractivity contribution in [3.05, 3.63) is 59.0 Å². The van der Waals surface area contributed by atoms with Crippen molar-refractivity contribution in [2.75, 3.05) is 6.54 Å². The van der Waals surface area contributed by atoms with Gasteiger partial charge in [-0.15, -0.1) is 0 Å². The lowest BCUT2D eigenvalue weighted by atomic mass is 10.1. The maximum atomic E-state index is 11.6. The zero-order valence-electron chi connectivity index (χ0n) is 9.86. The van der Waals surface area contributed by atoms with Crippen LogP contribution in [0.3, 0.4) is 0 Å². The van der Waals surface area contributed by atoms with Crippen LogP contribution in [-0.2, 0) is 17.6 Å². The Labute approximate surface area is 111 Å². The van der Waals surface area contributed by atoms with Crippen molar-refractivity contribution < 1.29 is 9.21 Å². The fourth-order valence-corrected chi connectivity index (χ4v) is 1.76. The van der Waals surface area contributed by atoms with E-state index in [1.165, 1.54) is 0 Å². The molecule has 1 aromatic heterocycles. The first kappa shape index (κ1) is 12.7. The molecule has 2 rings (SSSR count). The third kappa shape index (κ3) is 3.93. The molecule has 0 saturated heterocycles. The van der Waals surface area contributed by atoms with Crippen molar-refractivity contribution >= 4 is 17.5 Å². The summed E-state index contributed by atoms with van der Waals surface area (Å²) in [5, 5.41) is 3.57. The smallest absolute Gasteiger partial charge is 0.227 e. The van der Waals surface area contributed by atoms with Crippen LogP contribution in [0.5, 0.6) is 0 Å². The second-order valence-electron chi connectivity index (χ2n) is 3.98. The predicted molar refractivity (Wildman–Crippen MR) is 70.6 cm³/mol. The Morgan fingerprint density at radius 3 is 2.67 bits per heavy atom. The van der Waals surface area contributed by atoms with Gasteiger partial charge >= 0.3 is 0 Å². The molecule has 4 heteroatoms. The fraction of sp³-hybridized carbons (Fsp3) is 0.214. The molecule has 0 aliphatic carbocycles. The second-order valence-corrected chi connectivity index (χ2v) is 4.42. The van der Waals surface area contributed by atoms with Crippen LogP contribution in [0.25, 0.3) is 0 Å². The monoisotopic (exact) mass is 263 g/mol. The number of amides is 1. The Morgan fingerprint density at radius 1 is 1.22 bits per heavy atom. The summed E-state index contributed by atoms with van der Waals surface area (Å²) in [6.45, 7) is 0.612. The molecule has 2 aromatic rings. The van der Waals surface area contributed by atoms with Gasteiger partial charge in [0, 0.05) is 11.6 Å². The third-order valence-electron chi connectivity index (χ3n) is 2.56. The Morgan fingerprint density at radius 2 is 2.00 bits per heavy atom. The molecule has 3 nitrogen and oxygen atoms in total. The topological polar surface area (TPSA) is 42.2 Å². The number of carbonyl (C=O) groups is 1. The Kier molecular flexibility index (Phi) is 4.42. The van der Waals surface area contributed by atoms with E-state index in [4.69, 9.17) is 16.0 Å². The van der Waals surface area contributed by atoms with Gasteiger partial charge in [-0.25, -0.2) is 0 Å². The van der Waals surface area contributed by atoms with Crippen LogP contribution in [-0.4, -0.2) is 12.5 Å². The maximum absolute atomic E-state index is 11.6. The number of nitrogens with one attached hydrogen (secondary N) is 1. The molecule has 0 unspecified atom stereocenters. The number of carbonyl (C=O) groups excluding carboxylic acids is 1. The molecule has 0 atom stereocenters. The van der Waals surface area contributed by atoms with Gasteiger partial charge in [0.25, 0.3) is 0 Å². The van der Waals surface area contributed by atoms with Gasteiger partial charge in [0.1, 0.15) is 5.76 Å². The van der Waals surface area contributed by atoms with Crippen molar-refractivity contribution in [3.63, 3.8) is 0 Å². The maximum Gasteiger partial charge on any atom is 0.227 e. The number of benzene rings is 1. The first-order valence-electron chi connectivity index (χ1n) is 5.77. The van der Waals surface area contributed by atoms with Crippen molar-refractivity contribution in [1.29, 1.82) is 0 Å². The van der Waals surface area contributed by atoms with Crippen molar-refractivity contribution in [1.82, 2.24) is 5.32 Å². The minimum absolute atomic E-state index is 0.0288. The molecule has 0 spiro atoms. The molecule has 1 amide bonds. The van der Waals surface area contributed by atoms with Crippen molar-refractivity contribution in [2.45, 2.75) is 12.8 Å². The molecule has 1 heterocycles. The average molecular weight is 264 g/mol. The Hall–Kier alpha value is -1.74. The summed E-state index contributed by atoms with van der Waals surface area (Å²) >= 11 is 5.80. The first-order chi connectivity index (χ1) is 8.74. The molecular weight excluding hydrogens is 250 g/mol. The van der Waals surface area contributed by atoms with Gasteiger partial charge in [-0.05, 0) is 36.2 Å². The normalized spacial score (nSPS) is 10.3. The molecule has 0 aliphatic rings. The molecule has 94 valence electrons. The SMILES string of the molecule is O=C(Cc1ccco1)NCCc1ccc(Cl)cc1. The Bertz CT molecular complexity index is 491. The highest BCUT2D eigenvalue weighted by molar-refractivity contribution is 6.30. The van der Waals surface area contributed by atoms with E-state index in [0.29, 0.717) is 12.3 Å². The van der Waals surface area contributed by atoms with Crippen LogP contribution in [0.2, 0.25) is 5.02 Å². The highest BCUT2D eigenvalue weighted by atomic mass is 35.5. The summed E-state index contributed by atoms with van der Waals surface area (Å²) in [5.74, 6) is 0.651. The zero-order valence-corrected chi connectivity index (χ0v) is 10.6. The van der Waals surface area contributed by atoms with Crippen LogP contribution in [0.4, 0.5) is 0 Å². The van der Waals surface area contributed by atoms with Crippen molar-refractivity contribution in [3.8, 4) is 0 Å². The molecule has 0 bridgehead atoms. The lowest BCUT2D eigenvalue weighted by molar-refractivity contribution is -0.120. The number of hydrogen-bond acceptors (Lipinski definition) is 2. The summed E-state index contributed by atoms with van der Waals surface area (Å²) in [6, 6.07) is 11.2. The van der Waals surface area contributed by atoms with E-state index < -0.39 is 0 Å². The van der Waals surface area contributed by atoms with E-state index in [0.717, 1.165) is 17.0 Å². The van der Waals surface area contributed by atoms with Crippen LogP contribution in [0.1, 0.15) is 11.3 Å². The van der Waals surface area contributed by atoms with Crippen LogP contribution in [0.15, 0.2) is 47.1 Å². The molecule has 0 fully saturated rings. The molecule has 0 saturated carbocycles. The largest absolute Gasteiger partial charge is 0.469 e. The summed E-state index contributed by atoms with van der Waals surface area (Å²) in [6.07, 6.45) is 2.64. The van der Waals surface area contributed by atoms with Gasteiger partial charge in [0.15, 0.2) is 0 Å². The summed E-state index contributed by atoms with van der Waals surface area (Å²) in [7, 11) is 0. The van der Waals surface area contributed by atoms with E-state index in [9.17, 15) is 4.79 Å². The van der Waals surface area contributed by atoms with Gasteiger partial charge in [-0.1, -0.05) is 23.7 Å². The van der Waals surface area contributed by atoms with Gasteiger partial charge in [0.05, 0.1) is 12.7 Å². The van der Waals surface area contributed by atoms with Gasteiger partial charge < -0.3 is 9.73 Å². The molecule has 1 aromatic carbocycles. The van der Waals surface area contributed by atoms with E-state index in [2.05, 4.69) is 5.32 Å². The van der Waals surface area contributed by atoms with Crippen LogP contribution >= 0.6 is 11.6 Å². The first-order valence-corrected chi connectivity index (χ1v) is 6.15. The number of hydrogen-bond donors (Lipinski definition) is 1. The number of furan rings is 1. The van der Waals surface area contributed by atoms with E-state index in [-0.39, 0.29) is 12.3 Å². The highest BCUT2D eigenvalue weighted by Crippen LogP contribution is 2.09. The lowest BCUT2D eigenvalue weighted by Crippen LogP contribution is -2.27. The Balaban J connectivity index is 1.72. The third-order valence-corrected chi connectivity index (χ3v) is 2.82. The molecule has 0 aliphatic heterocycles. The van der Waals surface area contributed by atoms with Gasteiger partial charge in [-0.3, -0.25) is 4.79 Å². The predicted octanol–water partition coefficient (Wildman–Crippen LogP) is 2.83. The van der Waals surface area contributed by atoms with Crippen LogP contribution in [0, 0.1) is 0 Å². The molecule has 0 radical (unpaired) electrons. The van der Waals surface area contributed by atoms with E-state index in [1.807, 2.05) is 24.3 Å². The molecule has 18 heavy (non-hydrogen) atoms. The molecule has 1 N–H and O–H groups in total. The van der Waals surface area contributed by atoms with E-state index in [1.54, 1.807) is 18.4 Å². The minimum atomic E-state index is -0.0288. The lowest BCUT2D eigenvalue weighted by Gasteiger charge is -2.04. The fourth-order valence-electron chi connectivity index (χ4n) is 1.63. The average Bonchev–Trinajstić information content (AvgIpc) is 2.84. The summed E-state index contributed by atoms with van der Waals surface area (Å²) < 4.78 is 5.11.